The van der Waals surface area contributed by atoms with Gasteiger partial charge in [-0.2, -0.15) is 0 Å². The molecule has 2 aliphatic heterocycles. The molecule has 45 heavy (non-hydrogen) atoms. The molecule has 232 valence electrons. The minimum Gasteiger partial charge on any atom is -0.421 e. The maximum Gasteiger partial charge on any atom is 0.336 e. The number of ether oxygens (including phenoxy) is 2. The highest BCUT2D eigenvalue weighted by molar-refractivity contribution is 6.11. The average Bonchev–Trinajstić information content (AvgIpc) is 3.05. The molecule has 3 aromatic carbocycles. The second-order valence-electron chi connectivity index (χ2n) is 10.6. The van der Waals surface area contributed by atoms with Gasteiger partial charge in [-0.3, -0.25) is 14.4 Å². The lowest BCUT2D eigenvalue weighted by molar-refractivity contribution is -0.131. The fourth-order valence-electron chi connectivity index (χ4n) is 5.26. The van der Waals surface area contributed by atoms with Crippen molar-refractivity contribution in [3.63, 3.8) is 0 Å². The number of piperidine rings is 1. The molecule has 0 unspecified atom stereocenters. The SMILES string of the molecule is CC(=O)Nc1c2ccc(C(=O)N(CCN3CCC(C(=O)c4ccc(F)cc4)CC3)c3ccc(F)cc3)c1OC(=O)/C=C/C(=O)O2. The third kappa shape index (κ3) is 7.47. The summed E-state index contributed by atoms with van der Waals surface area (Å²) in [7, 11) is 0. The highest BCUT2D eigenvalue weighted by Gasteiger charge is 2.30. The summed E-state index contributed by atoms with van der Waals surface area (Å²) >= 11 is 0. The molecule has 5 rings (SSSR count). The zero-order valence-electron chi connectivity index (χ0n) is 24.3. The number of hydrogen-bond acceptors (Lipinski definition) is 8. The third-order valence-corrected chi connectivity index (χ3v) is 7.53. The maximum absolute atomic E-state index is 14.1. The summed E-state index contributed by atoms with van der Waals surface area (Å²) in [6.45, 7) is 2.88. The van der Waals surface area contributed by atoms with E-state index in [1.54, 1.807) is 0 Å². The molecular weight excluding hydrogens is 588 g/mol. The van der Waals surface area contributed by atoms with Gasteiger partial charge in [-0.1, -0.05) is 0 Å². The van der Waals surface area contributed by atoms with Crippen LogP contribution in [0.4, 0.5) is 20.2 Å². The number of Topliss-reactive ketones (excluding diaryl/α,β-unsaturated/α-hetero) is 1. The largest absolute Gasteiger partial charge is 0.421 e. The molecule has 1 saturated heterocycles. The number of nitrogens with zero attached hydrogens (tertiary/aromatic N) is 2. The fraction of sp³-hybridized carbons (Fsp3) is 0.242. The van der Waals surface area contributed by atoms with Crippen molar-refractivity contribution in [2.24, 2.45) is 5.92 Å². The molecule has 2 bridgehead atoms. The van der Waals surface area contributed by atoms with E-state index in [-0.39, 0.29) is 41.0 Å². The van der Waals surface area contributed by atoms with Crippen molar-refractivity contribution in [2.45, 2.75) is 19.8 Å². The van der Waals surface area contributed by atoms with Gasteiger partial charge in [0.1, 0.15) is 17.3 Å². The van der Waals surface area contributed by atoms with E-state index in [1.165, 1.54) is 72.5 Å². The Morgan fingerprint density at radius 2 is 1.47 bits per heavy atom. The van der Waals surface area contributed by atoms with Gasteiger partial charge in [-0.25, -0.2) is 18.4 Å². The van der Waals surface area contributed by atoms with Crippen LogP contribution in [0.1, 0.15) is 40.5 Å². The van der Waals surface area contributed by atoms with Crippen LogP contribution in [0.5, 0.6) is 11.5 Å². The molecule has 1 fully saturated rings. The summed E-state index contributed by atoms with van der Waals surface area (Å²) in [5.74, 6) is -4.67. The number of anilines is 2. The van der Waals surface area contributed by atoms with Crippen molar-refractivity contribution >= 4 is 40.9 Å². The third-order valence-electron chi connectivity index (χ3n) is 7.53. The summed E-state index contributed by atoms with van der Waals surface area (Å²) in [4.78, 5) is 67.2. The Balaban J connectivity index is 1.38. The fourth-order valence-corrected chi connectivity index (χ4v) is 5.26. The molecule has 2 heterocycles. The van der Waals surface area contributed by atoms with Gasteiger partial charge in [0.05, 0.1) is 5.56 Å². The number of carbonyl (C=O) groups is 5. The Morgan fingerprint density at radius 1 is 0.867 bits per heavy atom. The monoisotopic (exact) mass is 617 g/mol. The van der Waals surface area contributed by atoms with Crippen LogP contribution in [0.3, 0.4) is 0 Å². The van der Waals surface area contributed by atoms with Gasteiger partial charge in [-0.05, 0) is 86.6 Å². The Kier molecular flexibility index (Phi) is 9.43. The number of ketones is 1. The summed E-state index contributed by atoms with van der Waals surface area (Å²) in [5.41, 5.74) is 0.534. The van der Waals surface area contributed by atoms with E-state index in [1.807, 2.05) is 0 Å². The first-order chi connectivity index (χ1) is 21.6. The Hall–Kier alpha value is -5.23. The maximum atomic E-state index is 14.1. The lowest BCUT2D eigenvalue weighted by atomic mass is 9.89. The molecule has 0 atom stereocenters. The van der Waals surface area contributed by atoms with Crippen molar-refractivity contribution in [2.75, 3.05) is 36.4 Å². The molecule has 1 N–H and O–H groups in total. The Labute approximate surface area is 257 Å². The topological polar surface area (TPSA) is 122 Å². The second kappa shape index (κ2) is 13.6. The van der Waals surface area contributed by atoms with E-state index in [0.29, 0.717) is 43.7 Å². The number of nitrogens with one attached hydrogen (secondary N) is 1. The van der Waals surface area contributed by atoms with E-state index in [9.17, 15) is 32.8 Å². The Bertz CT molecular complexity index is 1660. The normalized spacial score (nSPS) is 16.0. The van der Waals surface area contributed by atoms with Crippen molar-refractivity contribution in [1.82, 2.24) is 4.90 Å². The van der Waals surface area contributed by atoms with Crippen LogP contribution in [-0.2, 0) is 14.4 Å². The number of hydrogen-bond donors (Lipinski definition) is 1. The molecule has 12 heteroatoms. The zero-order chi connectivity index (χ0) is 32.1. The van der Waals surface area contributed by atoms with Gasteiger partial charge >= 0.3 is 11.9 Å². The van der Waals surface area contributed by atoms with Gasteiger partial charge in [0.2, 0.25) is 5.91 Å². The van der Waals surface area contributed by atoms with E-state index in [2.05, 4.69) is 10.2 Å². The lowest BCUT2D eigenvalue weighted by Gasteiger charge is -2.33. The van der Waals surface area contributed by atoms with Gasteiger partial charge in [-0.15, -0.1) is 0 Å². The second-order valence-corrected chi connectivity index (χ2v) is 10.6. The highest BCUT2D eigenvalue weighted by atomic mass is 19.1. The van der Waals surface area contributed by atoms with Crippen LogP contribution in [0.25, 0.3) is 0 Å². The van der Waals surface area contributed by atoms with Gasteiger partial charge in [0, 0.05) is 49.3 Å². The van der Waals surface area contributed by atoms with Gasteiger partial charge < -0.3 is 24.6 Å². The molecule has 0 radical (unpaired) electrons. The van der Waals surface area contributed by atoms with Crippen molar-refractivity contribution < 1.29 is 42.2 Å². The number of rotatable bonds is 8. The number of halogens is 2. The zero-order valence-corrected chi connectivity index (χ0v) is 24.3. The van der Waals surface area contributed by atoms with Crippen LogP contribution in [0.2, 0.25) is 0 Å². The predicted molar refractivity (Wildman–Crippen MR) is 159 cm³/mol. The molecule has 0 saturated carbocycles. The molecule has 0 spiro atoms. The minimum atomic E-state index is -0.974. The lowest BCUT2D eigenvalue weighted by Crippen LogP contribution is -2.43. The summed E-state index contributed by atoms with van der Waals surface area (Å²) in [6.07, 6.45) is 2.86. The molecule has 3 aromatic rings. The van der Waals surface area contributed by atoms with Crippen LogP contribution >= 0.6 is 0 Å². The molecule has 0 aliphatic carbocycles. The first kappa shape index (κ1) is 31.2. The van der Waals surface area contributed by atoms with Crippen molar-refractivity contribution in [1.29, 1.82) is 0 Å². The summed E-state index contributed by atoms with van der Waals surface area (Å²) in [5, 5.41) is 2.48. The first-order valence-electron chi connectivity index (χ1n) is 14.2. The smallest absolute Gasteiger partial charge is 0.336 e. The van der Waals surface area contributed by atoms with Crippen LogP contribution in [-0.4, -0.2) is 60.6 Å². The van der Waals surface area contributed by atoms with Crippen molar-refractivity contribution in [3.05, 3.63) is 95.6 Å². The van der Waals surface area contributed by atoms with Crippen LogP contribution in [0.15, 0.2) is 72.8 Å². The summed E-state index contributed by atoms with van der Waals surface area (Å²) < 4.78 is 37.8. The number of carbonyl (C=O) groups excluding carboxylic acids is 5. The van der Waals surface area contributed by atoms with Crippen LogP contribution in [0, 0.1) is 17.6 Å². The number of amides is 2. The minimum absolute atomic E-state index is 0.0391. The number of fused-ring (bicyclic) bond motifs is 2. The van der Waals surface area contributed by atoms with E-state index < -0.39 is 35.4 Å². The van der Waals surface area contributed by atoms with Gasteiger partial charge in [0.15, 0.2) is 17.3 Å². The predicted octanol–water partition coefficient (Wildman–Crippen LogP) is 4.55. The van der Waals surface area contributed by atoms with E-state index in [4.69, 9.17) is 9.47 Å². The van der Waals surface area contributed by atoms with E-state index in [0.717, 1.165) is 12.2 Å². The number of esters is 2. The molecular formula is C33H29F2N3O7. The standard InChI is InChI=1S/C33H29F2N3O7/c1-20(39)36-30-27-11-10-26(32(30)45-29(41)13-12-28(40)44-27)33(43)38(25-8-6-24(35)7-9-25)19-18-37-16-14-22(15-17-37)31(42)21-2-4-23(34)5-3-21/h2-13,22H,14-19H2,1H3,(H,36,39)/b13-12+. The number of likely N-dealkylation sites (tertiary alicyclic amines) is 1. The highest BCUT2D eigenvalue weighted by Crippen LogP contribution is 2.40. The number of benzene rings is 3. The van der Waals surface area contributed by atoms with Crippen molar-refractivity contribution in [3.8, 4) is 11.5 Å². The first-order valence-corrected chi connectivity index (χ1v) is 14.2. The molecule has 2 amide bonds. The Morgan fingerprint density at radius 3 is 2.09 bits per heavy atom. The molecule has 10 nitrogen and oxygen atoms in total. The molecule has 2 aliphatic rings. The quantitative estimate of drug-likeness (QED) is 0.222. The average molecular weight is 618 g/mol. The van der Waals surface area contributed by atoms with Crippen LogP contribution < -0.4 is 19.7 Å². The van der Waals surface area contributed by atoms with E-state index >= 15 is 0 Å². The molecule has 0 aromatic heterocycles. The van der Waals surface area contributed by atoms with Gasteiger partial charge in [0.25, 0.3) is 5.91 Å². The summed E-state index contributed by atoms with van der Waals surface area (Å²) in [6, 6.07) is 13.4.